The van der Waals surface area contributed by atoms with E-state index < -0.39 is 6.10 Å². The Bertz CT molecular complexity index is 1520. The molecule has 0 aromatic carbocycles. The van der Waals surface area contributed by atoms with Gasteiger partial charge in [-0.15, -0.1) is 0 Å². The molecule has 0 aromatic rings. The van der Waals surface area contributed by atoms with E-state index in [2.05, 4.69) is 135 Å². The van der Waals surface area contributed by atoms with Crippen molar-refractivity contribution in [3.63, 3.8) is 0 Å². The van der Waals surface area contributed by atoms with Crippen LogP contribution in [0.5, 0.6) is 0 Å². The van der Waals surface area contributed by atoms with Gasteiger partial charge in [-0.2, -0.15) is 0 Å². The van der Waals surface area contributed by atoms with Gasteiger partial charge in [-0.3, -0.25) is 9.59 Å². The standard InChI is InChI=1S/C71H120O5/c1-3-5-7-9-11-13-15-17-19-21-23-25-27-28-29-30-31-32-33-34-35-36-37-38-39-40-41-42-44-46-48-50-52-54-56-58-60-62-64-66-71(74)76-69(67-72)68-75-70(73)65-63-61-59-57-55-53-51-49-47-45-43-26-24-22-20-18-16-14-12-10-8-6-4-2/h5,7,11,13,17,19,23,25,28-29,31-32,34-35,37-38,40-41,44,46,69,72H,3-4,6,8-10,12,14-16,18,20-22,24,26-27,30,33,36,39,42-43,45,47-68H2,1-2H3/b7-5-,13-11-,19-17-,25-23-,29-28-,32-31-,35-34-,38-37-,41-40-,46-44-. The summed E-state index contributed by atoms with van der Waals surface area (Å²) in [6, 6.07) is 0. The molecule has 0 radical (unpaired) electrons. The first-order valence-electron chi connectivity index (χ1n) is 32.1. The quantitative estimate of drug-likeness (QED) is 0.0373. The predicted octanol–water partition coefficient (Wildman–Crippen LogP) is 22.2. The van der Waals surface area contributed by atoms with E-state index in [9.17, 15) is 14.7 Å². The van der Waals surface area contributed by atoms with E-state index >= 15 is 0 Å². The normalized spacial score (nSPS) is 13.0. The minimum absolute atomic E-state index is 0.0716. The van der Waals surface area contributed by atoms with Gasteiger partial charge < -0.3 is 14.6 Å². The van der Waals surface area contributed by atoms with Gasteiger partial charge in [-0.05, 0) is 89.9 Å². The fourth-order valence-corrected chi connectivity index (χ4v) is 9.00. The molecular weight excluding hydrogens is 933 g/mol. The number of allylic oxidation sites excluding steroid dienone is 20. The van der Waals surface area contributed by atoms with E-state index in [4.69, 9.17) is 9.47 Å². The van der Waals surface area contributed by atoms with Crippen LogP contribution in [0.15, 0.2) is 122 Å². The summed E-state index contributed by atoms with van der Waals surface area (Å²) >= 11 is 0. The lowest BCUT2D eigenvalue weighted by Gasteiger charge is -2.15. The molecule has 0 saturated heterocycles. The van der Waals surface area contributed by atoms with Crippen molar-refractivity contribution in [2.45, 2.75) is 302 Å². The number of carbonyl (C=O) groups is 2. The molecule has 0 fully saturated rings. The molecule has 5 nitrogen and oxygen atoms in total. The molecule has 0 aliphatic heterocycles. The minimum atomic E-state index is -0.783. The highest BCUT2D eigenvalue weighted by molar-refractivity contribution is 5.70. The molecule has 0 spiro atoms. The average molecular weight is 1050 g/mol. The lowest BCUT2D eigenvalue weighted by molar-refractivity contribution is -0.161. The van der Waals surface area contributed by atoms with Crippen molar-refractivity contribution in [2.75, 3.05) is 13.2 Å². The van der Waals surface area contributed by atoms with E-state index in [1.54, 1.807) is 0 Å². The number of rotatable bonds is 58. The fraction of sp³-hybridized carbons (Fsp3) is 0.690. The van der Waals surface area contributed by atoms with Gasteiger partial charge in [0.05, 0.1) is 6.61 Å². The zero-order chi connectivity index (χ0) is 54.8. The topological polar surface area (TPSA) is 72.8 Å². The molecule has 5 heteroatoms. The summed E-state index contributed by atoms with van der Waals surface area (Å²) in [6.45, 7) is 4.05. The molecular formula is C71H120O5. The first-order valence-corrected chi connectivity index (χ1v) is 32.1. The smallest absolute Gasteiger partial charge is 0.306 e. The molecule has 0 aliphatic carbocycles. The molecule has 1 N–H and O–H groups in total. The molecule has 1 unspecified atom stereocenters. The second-order valence-electron chi connectivity index (χ2n) is 21.1. The van der Waals surface area contributed by atoms with Gasteiger partial charge in [0.1, 0.15) is 6.61 Å². The van der Waals surface area contributed by atoms with Crippen LogP contribution in [-0.4, -0.2) is 36.4 Å². The first-order chi connectivity index (χ1) is 37.6. The Morgan fingerprint density at radius 3 is 0.855 bits per heavy atom. The summed E-state index contributed by atoms with van der Waals surface area (Å²) in [4.78, 5) is 24.6. The third-order valence-electron chi connectivity index (χ3n) is 13.8. The lowest BCUT2D eigenvalue weighted by Crippen LogP contribution is -2.28. The Morgan fingerprint density at radius 2 is 0.566 bits per heavy atom. The maximum absolute atomic E-state index is 12.3. The Morgan fingerprint density at radius 1 is 0.316 bits per heavy atom. The third kappa shape index (κ3) is 62.8. The van der Waals surface area contributed by atoms with Crippen LogP contribution in [0.4, 0.5) is 0 Å². The first kappa shape index (κ1) is 72.3. The number of hydrogen-bond donors (Lipinski definition) is 1. The maximum atomic E-state index is 12.3. The number of unbranched alkanes of at least 4 members (excludes halogenated alkanes) is 30. The van der Waals surface area contributed by atoms with Crippen molar-refractivity contribution in [3.05, 3.63) is 122 Å². The van der Waals surface area contributed by atoms with Crippen molar-refractivity contribution >= 4 is 11.9 Å². The van der Waals surface area contributed by atoms with Crippen molar-refractivity contribution < 1.29 is 24.2 Å². The molecule has 434 valence electrons. The van der Waals surface area contributed by atoms with Gasteiger partial charge in [-0.1, -0.05) is 315 Å². The number of ether oxygens (including phenoxy) is 2. The SMILES string of the molecule is CC/C=C\C/C=C\C/C=C\C/C=C\C/C=C\C/C=C\C/C=C\C/C=C\C/C=C\C/C=C\CCCCCCCCCCC(=O)OC(CO)COC(=O)CCCCCCCCCCCCCCCCCCCCCCCCC. The molecule has 0 bridgehead atoms. The van der Waals surface area contributed by atoms with E-state index in [1.807, 2.05) is 0 Å². The van der Waals surface area contributed by atoms with Crippen LogP contribution in [-0.2, 0) is 19.1 Å². The van der Waals surface area contributed by atoms with Crippen LogP contribution >= 0.6 is 0 Å². The predicted molar refractivity (Wildman–Crippen MR) is 334 cm³/mol. The van der Waals surface area contributed by atoms with Gasteiger partial charge in [-0.25, -0.2) is 0 Å². The summed E-state index contributed by atoms with van der Waals surface area (Å²) in [5.74, 6) is -0.594. The largest absolute Gasteiger partial charge is 0.462 e. The summed E-state index contributed by atoms with van der Waals surface area (Å²) in [5.41, 5.74) is 0. The van der Waals surface area contributed by atoms with Crippen LogP contribution in [0, 0.1) is 0 Å². The van der Waals surface area contributed by atoms with E-state index in [1.165, 1.54) is 161 Å². The number of carbonyl (C=O) groups excluding carboxylic acids is 2. The highest BCUT2D eigenvalue weighted by Gasteiger charge is 2.16. The summed E-state index contributed by atoms with van der Waals surface area (Å²) < 4.78 is 10.7. The lowest BCUT2D eigenvalue weighted by atomic mass is 10.0. The molecule has 0 saturated carbocycles. The van der Waals surface area contributed by atoms with Crippen LogP contribution in [0.3, 0.4) is 0 Å². The molecule has 0 aliphatic rings. The molecule has 0 aromatic heterocycles. The van der Waals surface area contributed by atoms with Gasteiger partial charge in [0.25, 0.3) is 0 Å². The average Bonchev–Trinajstić information content (AvgIpc) is 3.42. The second kappa shape index (κ2) is 65.6. The van der Waals surface area contributed by atoms with Crippen LogP contribution in [0.2, 0.25) is 0 Å². The number of aliphatic hydroxyl groups excluding tert-OH is 1. The van der Waals surface area contributed by atoms with Crippen molar-refractivity contribution in [1.82, 2.24) is 0 Å². The molecule has 0 amide bonds. The monoisotopic (exact) mass is 1050 g/mol. The number of hydrogen-bond acceptors (Lipinski definition) is 5. The second-order valence-corrected chi connectivity index (χ2v) is 21.1. The van der Waals surface area contributed by atoms with E-state index in [0.29, 0.717) is 12.8 Å². The molecule has 1 atom stereocenters. The van der Waals surface area contributed by atoms with Crippen molar-refractivity contribution in [1.29, 1.82) is 0 Å². The fourth-order valence-electron chi connectivity index (χ4n) is 9.00. The Hall–Kier alpha value is -3.70. The van der Waals surface area contributed by atoms with Gasteiger partial charge in [0.15, 0.2) is 6.10 Å². The van der Waals surface area contributed by atoms with Crippen LogP contribution in [0.1, 0.15) is 296 Å². The van der Waals surface area contributed by atoms with Gasteiger partial charge in [0.2, 0.25) is 0 Å². The summed E-state index contributed by atoms with van der Waals surface area (Å²) in [6.07, 6.45) is 96.2. The number of esters is 2. The molecule has 0 rings (SSSR count). The zero-order valence-electron chi connectivity index (χ0n) is 49.7. The number of aliphatic hydroxyl groups is 1. The van der Waals surface area contributed by atoms with Crippen LogP contribution in [0.25, 0.3) is 0 Å². The Balaban J connectivity index is 3.56. The Kier molecular flexibility index (Phi) is 62.4. The van der Waals surface area contributed by atoms with Crippen LogP contribution < -0.4 is 0 Å². The van der Waals surface area contributed by atoms with Gasteiger partial charge in [0, 0.05) is 12.8 Å². The summed E-state index contributed by atoms with van der Waals surface area (Å²) in [7, 11) is 0. The minimum Gasteiger partial charge on any atom is -0.462 e. The summed E-state index contributed by atoms with van der Waals surface area (Å²) in [5, 5.41) is 9.68. The molecule has 76 heavy (non-hydrogen) atoms. The van der Waals surface area contributed by atoms with Crippen molar-refractivity contribution in [3.8, 4) is 0 Å². The zero-order valence-corrected chi connectivity index (χ0v) is 49.7. The maximum Gasteiger partial charge on any atom is 0.306 e. The Labute approximate surface area is 471 Å². The molecule has 0 heterocycles. The highest BCUT2D eigenvalue weighted by atomic mass is 16.6. The third-order valence-corrected chi connectivity index (χ3v) is 13.8. The van der Waals surface area contributed by atoms with Crippen molar-refractivity contribution in [2.24, 2.45) is 0 Å². The highest BCUT2D eigenvalue weighted by Crippen LogP contribution is 2.17. The van der Waals surface area contributed by atoms with E-state index in [0.717, 1.165) is 109 Å². The van der Waals surface area contributed by atoms with Gasteiger partial charge >= 0.3 is 11.9 Å². The van der Waals surface area contributed by atoms with E-state index in [-0.39, 0.29) is 25.2 Å².